The molecule has 0 fully saturated rings. The van der Waals surface area contributed by atoms with E-state index in [4.69, 9.17) is 0 Å². The van der Waals surface area contributed by atoms with Gasteiger partial charge in [-0.15, -0.1) is 11.3 Å². The van der Waals surface area contributed by atoms with Crippen molar-refractivity contribution in [3.63, 3.8) is 0 Å². The largest absolute Gasteiger partial charge is 0.353 e. The number of nitrogens with zero attached hydrogens (tertiary/aromatic N) is 4. The summed E-state index contributed by atoms with van der Waals surface area (Å²) in [6.45, 7) is 2.18. The third-order valence-corrected chi connectivity index (χ3v) is 4.32. The van der Waals surface area contributed by atoms with Gasteiger partial charge in [0.15, 0.2) is 0 Å². The molecule has 0 bridgehead atoms. The number of hydrogen-bond acceptors (Lipinski definition) is 6. The fourth-order valence-electron chi connectivity index (χ4n) is 2.32. The monoisotopic (exact) mass is 345 g/mol. The summed E-state index contributed by atoms with van der Waals surface area (Å²) in [5, 5.41) is 8.91. The van der Waals surface area contributed by atoms with E-state index in [-0.39, 0.29) is 30.1 Å². The van der Waals surface area contributed by atoms with Crippen LogP contribution in [0.1, 0.15) is 5.82 Å². The van der Waals surface area contributed by atoms with Crippen LogP contribution in [0.5, 0.6) is 0 Å². The smallest absolute Gasteiger partial charge is 0.267 e. The quantitative estimate of drug-likeness (QED) is 0.709. The van der Waals surface area contributed by atoms with Gasteiger partial charge in [0.1, 0.15) is 17.2 Å². The Balaban J connectivity index is 1.64. The van der Waals surface area contributed by atoms with Gasteiger partial charge in [-0.1, -0.05) is 0 Å². The Morgan fingerprint density at radius 2 is 2.17 bits per heavy atom. The molecule has 0 aliphatic heterocycles. The van der Waals surface area contributed by atoms with E-state index in [9.17, 15) is 14.4 Å². The molecule has 0 saturated carbocycles. The molecule has 8 nitrogen and oxygen atoms in total. The highest BCUT2D eigenvalue weighted by Gasteiger charge is 2.10. The zero-order chi connectivity index (χ0) is 17.1. The lowest BCUT2D eigenvalue weighted by Crippen LogP contribution is -2.36. The molecule has 0 unspecified atom stereocenters. The second kappa shape index (κ2) is 6.75. The van der Waals surface area contributed by atoms with Crippen LogP contribution in [0.3, 0.4) is 0 Å². The van der Waals surface area contributed by atoms with Crippen LogP contribution in [0.2, 0.25) is 0 Å². The molecule has 124 valence electrons. The molecular weight excluding hydrogens is 330 g/mol. The maximum atomic E-state index is 12.4. The minimum Gasteiger partial charge on any atom is -0.353 e. The molecule has 3 aromatic rings. The number of amides is 1. The summed E-state index contributed by atoms with van der Waals surface area (Å²) in [7, 11) is 0. The van der Waals surface area contributed by atoms with Crippen molar-refractivity contribution in [3.05, 3.63) is 56.3 Å². The van der Waals surface area contributed by atoms with E-state index in [0.29, 0.717) is 22.6 Å². The van der Waals surface area contributed by atoms with Crippen LogP contribution in [0, 0.1) is 6.92 Å². The molecule has 3 aromatic heterocycles. The predicted octanol–water partition coefficient (Wildman–Crippen LogP) is 0.140. The summed E-state index contributed by atoms with van der Waals surface area (Å²) < 4.78 is 2.61. The van der Waals surface area contributed by atoms with Crippen molar-refractivity contribution in [3.8, 4) is 0 Å². The van der Waals surface area contributed by atoms with Crippen molar-refractivity contribution < 1.29 is 4.79 Å². The second-order valence-electron chi connectivity index (χ2n) is 5.12. The highest BCUT2D eigenvalue weighted by atomic mass is 32.1. The van der Waals surface area contributed by atoms with Crippen LogP contribution in [0.15, 0.2) is 39.4 Å². The zero-order valence-electron chi connectivity index (χ0n) is 12.9. The third kappa shape index (κ3) is 3.25. The summed E-state index contributed by atoms with van der Waals surface area (Å²) in [5.74, 6) is 0.260. The summed E-state index contributed by atoms with van der Waals surface area (Å²) in [6, 6.07) is 4.60. The van der Waals surface area contributed by atoms with Gasteiger partial charge in [-0.2, -0.15) is 5.10 Å². The molecule has 1 amide bonds. The first-order valence-corrected chi connectivity index (χ1v) is 8.17. The van der Waals surface area contributed by atoms with Gasteiger partial charge in [0.05, 0.1) is 5.39 Å². The molecule has 1 N–H and O–H groups in total. The molecule has 0 aliphatic carbocycles. The maximum Gasteiger partial charge on any atom is 0.267 e. The minimum absolute atomic E-state index is 0.117. The van der Waals surface area contributed by atoms with E-state index < -0.39 is 0 Å². The van der Waals surface area contributed by atoms with E-state index >= 15 is 0 Å². The third-order valence-electron chi connectivity index (χ3n) is 3.51. The highest BCUT2D eigenvalue weighted by molar-refractivity contribution is 7.16. The number of thiophene rings is 1. The first-order chi connectivity index (χ1) is 11.6. The Kier molecular flexibility index (Phi) is 4.52. The van der Waals surface area contributed by atoms with Crippen molar-refractivity contribution in [2.24, 2.45) is 0 Å². The summed E-state index contributed by atoms with van der Waals surface area (Å²) in [5.41, 5.74) is -0.458. The lowest BCUT2D eigenvalue weighted by molar-refractivity contribution is -0.121. The van der Waals surface area contributed by atoms with Crippen molar-refractivity contribution in [1.29, 1.82) is 0 Å². The maximum absolute atomic E-state index is 12.4. The molecule has 3 heterocycles. The van der Waals surface area contributed by atoms with Gasteiger partial charge in [0.2, 0.25) is 5.91 Å². The normalized spacial score (nSPS) is 10.9. The van der Waals surface area contributed by atoms with Gasteiger partial charge in [0, 0.05) is 25.4 Å². The van der Waals surface area contributed by atoms with Gasteiger partial charge in [-0.05, 0) is 24.4 Å². The molecular formula is C15H15N5O3S. The van der Waals surface area contributed by atoms with Gasteiger partial charge in [-0.3, -0.25) is 19.0 Å². The van der Waals surface area contributed by atoms with Crippen molar-refractivity contribution in [2.75, 3.05) is 6.54 Å². The first-order valence-electron chi connectivity index (χ1n) is 7.30. The van der Waals surface area contributed by atoms with Crippen molar-refractivity contribution >= 4 is 27.5 Å². The SMILES string of the molecule is Cc1nc2sccc2c(=O)n1CCNC(=O)Cn1ncccc1=O. The topological polar surface area (TPSA) is 98.9 Å². The number of nitrogens with one attached hydrogen (secondary N) is 1. The predicted molar refractivity (Wildman–Crippen MR) is 90.1 cm³/mol. The van der Waals surface area contributed by atoms with Crippen LogP contribution < -0.4 is 16.4 Å². The summed E-state index contributed by atoms with van der Waals surface area (Å²) in [6.07, 6.45) is 1.44. The molecule has 3 rings (SSSR count). The number of carbonyl (C=O) groups is 1. The van der Waals surface area contributed by atoms with E-state index in [1.54, 1.807) is 13.0 Å². The number of carbonyl (C=O) groups excluding carboxylic acids is 1. The Labute approximate surface area is 140 Å². The van der Waals surface area contributed by atoms with Gasteiger partial charge < -0.3 is 5.32 Å². The van der Waals surface area contributed by atoms with Crippen LogP contribution in [-0.4, -0.2) is 31.8 Å². The standard InChI is InChI=1S/C15H15N5O3S/c1-10-18-14-11(4-8-24-14)15(23)19(10)7-6-16-12(21)9-20-13(22)3-2-5-17-20/h2-5,8H,6-7,9H2,1H3,(H,16,21). The summed E-state index contributed by atoms with van der Waals surface area (Å²) >= 11 is 1.42. The molecule has 0 saturated heterocycles. The van der Waals surface area contributed by atoms with E-state index in [1.807, 2.05) is 5.38 Å². The number of fused-ring (bicyclic) bond motifs is 1. The molecule has 0 aromatic carbocycles. The van der Waals surface area contributed by atoms with Crippen LogP contribution in [0.4, 0.5) is 0 Å². The average molecular weight is 345 g/mol. The molecule has 0 spiro atoms. The molecule has 24 heavy (non-hydrogen) atoms. The van der Waals surface area contributed by atoms with Crippen LogP contribution in [0.25, 0.3) is 10.2 Å². The molecule has 0 aliphatic rings. The summed E-state index contributed by atoms with van der Waals surface area (Å²) in [4.78, 5) is 40.9. The average Bonchev–Trinajstić information content (AvgIpc) is 3.01. The van der Waals surface area contributed by atoms with E-state index in [0.717, 1.165) is 4.68 Å². The molecule has 0 radical (unpaired) electrons. The van der Waals surface area contributed by atoms with Gasteiger partial charge in [0.25, 0.3) is 11.1 Å². The fraction of sp³-hybridized carbons (Fsp3) is 0.267. The zero-order valence-corrected chi connectivity index (χ0v) is 13.7. The van der Waals surface area contributed by atoms with Crippen molar-refractivity contribution in [2.45, 2.75) is 20.0 Å². The second-order valence-corrected chi connectivity index (χ2v) is 6.02. The number of hydrogen-bond donors (Lipinski definition) is 1. The first kappa shape index (κ1) is 16.1. The van der Waals surface area contributed by atoms with E-state index in [2.05, 4.69) is 15.4 Å². The Morgan fingerprint density at radius 3 is 2.96 bits per heavy atom. The number of aryl methyl sites for hydroxylation is 1. The molecule has 9 heteroatoms. The number of aromatic nitrogens is 4. The number of rotatable bonds is 5. The Morgan fingerprint density at radius 1 is 1.33 bits per heavy atom. The minimum atomic E-state index is -0.342. The highest BCUT2D eigenvalue weighted by Crippen LogP contribution is 2.14. The van der Waals surface area contributed by atoms with Crippen LogP contribution in [-0.2, 0) is 17.9 Å². The van der Waals surface area contributed by atoms with Crippen LogP contribution >= 0.6 is 11.3 Å². The molecule has 0 atom stereocenters. The van der Waals surface area contributed by atoms with Gasteiger partial charge >= 0.3 is 0 Å². The van der Waals surface area contributed by atoms with Gasteiger partial charge in [-0.25, -0.2) is 9.67 Å². The fourth-order valence-corrected chi connectivity index (χ4v) is 3.12. The lowest BCUT2D eigenvalue weighted by atomic mass is 10.4. The lowest BCUT2D eigenvalue weighted by Gasteiger charge is -2.10. The Bertz CT molecular complexity index is 1000. The Hall–Kier alpha value is -2.81. The van der Waals surface area contributed by atoms with Crippen molar-refractivity contribution in [1.82, 2.24) is 24.6 Å². The van der Waals surface area contributed by atoms with E-state index in [1.165, 1.54) is 34.2 Å².